The van der Waals surface area contributed by atoms with Crippen molar-refractivity contribution in [1.82, 2.24) is 15.5 Å². The van der Waals surface area contributed by atoms with E-state index in [0.29, 0.717) is 6.54 Å². The van der Waals surface area contributed by atoms with Crippen LogP contribution in [0.3, 0.4) is 0 Å². The van der Waals surface area contributed by atoms with Gasteiger partial charge in [-0.25, -0.2) is 0 Å². The summed E-state index contributed by atoms with van der Waals surface area (Å²) in [5, 5.41) is 15.3. The molecule has 0 bridgehead atoms. The summed E-state index contributed by atoms with van der Waals surface area (Å²) < 4.78 is 0.918. The number of thioether (sulfide) groups is 1. The molecule has 1 heterocycles. The fourth-order valence-corrected chi connectivity index (χ4v) is 3.59. The van der Waals surface area contributed by atoms with Crippen molar-refractivity contribution in [2.24, 2.45) is 0 Å². The summed E-state index contributed by atoms with van der Waals surface area (Å²) in [6, 6.07) is 18.6. The van der Waals surface area contributed by atoms with Crippen molar-refractivity contribution < 1.29 is 4.79 Å². The van der Waals surface area contributed by atoms with E-state index < -0.39 is 6.04 Å². The Morgan fingerprint density at radius 3 is 2.40 bits per heavy atom. The van der Waals surface area contributed by atoms with Gasteiger partial charge in [-0.15, -0.1) is 10.2 Å². The largest absolute Gasteiger partial charge is 0.324 e. The number of amides is 1. The molecule has 1 atom stereocenters. The van der Waals surface area contributed by atoms with Crippen LogP contribution >= 0.6 is 23.1 Å². The van der Waals surface area contributed by atoms with Gasteiger partial charge >= 0.3 is 0 Å². The molecule has 0 saturated heterocycles. The van der Waals surface area contributed by atoms with E-state index in [1.165, 1.54) is 11.3 Å². The monoisotopic (exact) mass is 370 g/mol. The summed E-state index contributed by atoms with van der Waals surface area (Å²) >= 11 is 3.10. The second-order valence-electron chi connectivity index (χ2n) is 5.25. The highest BCUT2D eigenvalue weighted by molar-refractivity contribution is 8.00. The lowest BCUT2D eigenvalue weighted by Gasteiger charge is -2.18. The van der Waals surface area contributed by atoms with Crippen LogP contribution in [0.4, 0.5) is 5.69 Å². The Morgan fingerprint density at radius 1 is 1.08 bits per heavy atom. The Labute approximate surface area is 154 Å². The third-order valence-electron chi connectivity index (χ3n) is 3.52. The minimum atomic E-state index is -0.469. The Balaban J connectivity index is 1.74. The zero-order valence-electron chi connectivity index (χ0n) is 13.7. The average Bonchev–Trinajstić information content (AvgIpc) is 3.12. The van der Waals surface area contributed by atoms with Crippen LogP contribution < -0.4 is 10.6 Å². The van der Waals surface area contributed by atoms with E-state index in [2.05, 4.69) is 20.8 Å². The molecule has 25 heavy (non-hydrogen) atoms. The zero-order chi connectivity index (χ0) is 17.5. The van der Waals surface area contributed by atoms with Crippen molar-refractivity contribution in [3.05, 3.63) is 71.2 Å². The van der Waals surface area contributed by atoms with Gasteiger partial charge in [-0.2, -0.15) is 0 Å². The van der Waals surface area contributed by atoms with Crippen LogP contribution in [-0.2, 0) is 11.3 Å². The Kier molecular flexibility index (Phi) is 6.16. The SMILES string of the molecule is CSc1nnc(CNC(C(=O)Nc2ccccc2)c2ccccc2)s1. The number of aromatic nitrogens is 2. The molecule has 1 aromatic heterocycles. The molecule has 2 aromatic carbocycles. The Bertz CT molecular complexity index is 808. The maximum atomic E-state index is 12.8. The van der Waals surface area contributed by atoms with Gasteiger partial charge in [0.05, 0.1) is 6.54 Å². The maximum Gasteiger partial charge on any atom is 0.246 e. The predicted octanol–water partition coefficient (Wildman–Crippen LogP) is 3.73. The minimum absolute atomic E-state index is 0.105. The van der Waals surface area contributed by atoms with Gasteiger partial charge in [0, 0.05) is 5.69 Å². The molecule has 0 aliphatic heterocycles. The second-order valence-corrected chi connectivity index (χ2v) is 7.36. The van der Waals surface area contributed by atoms with Crippen molar-refractivity contribution in [1.29, 1.82) is 0 Å². The molecule has 0 fully saturated rings. The minimum Gasteiger partial charge on any atom is -0.324 e. The van der Waals surface area contributed by atoms with Gasteiger partial charge in [0.15, 0.2) is 4.34 Å². The number of hydrogen-bond donors (Lipinski definition) is 2. The van der Waals surface area contributed by atoms with Crippen molar-refractivity contribution in [2.45, 2.75) is 16.9 Å². The molecule has 7 heteroatoms. The number of carbonyl (C=O) groups excluding carboxylic acids is 1. The number of anilines is 1. The number of nitrogens with one attached hydrogen (secondary N) is 2. The van der Waals surface area contributed by atoms with E-state index in [1.54, 1.807) is 11.8 Å². The van der Waals surface area contributed by atoms with Crippen LogP contribution in [0.2, 0.25) is 0 Å². The molecule has 0 saturated carbocycles. The van der Waals surface area contributed by atoms with Gasteiger partial charge in [-0.1, -0.05) is 71.6 Å². The molecule has 3 rings (SSSR count). The summed E-state index contributed by atoms with van der Waals surface area (Å²) in [6.07, 6.45) is 1.97. The van der Waals surface area contributed by atoms with E-state index in [4.69, 9.17) is 0 Å². The number of para-hydroxylation sites is 1. The summed E-state index contributed by atoms with van der Waals surface area (Å²) in [5.41, 5.74) is 1.68. The highest BCUT2D eigenvalue weighted by Crippen LogP contribution is 2.21. The van der Waals surface area contributed by atoms with Gasteiger partial charge in [0.2, 0.25) is 5.91 Å². The van der Waals surface area contributed by atoms with Crippen molar-refractivity contribution in [2.75, 3.05) is 11.6 Å². The predicted molar refractivity (Wildman–Crippen MR) is 103 cm³/mol. The summed E-state index contributed by atoms with van der Waals surface area (Å²) in [4.78, 5) is 12.8. The highest BCUT2D eigenvalue weighted by Gasteiger charge is 2.20. The molecule has 2 N–H and O–H groups in total. The number of nitrogens with zero attached hydrogens (tertiary/aromatic N) is 2. The van der Waals surface area contributed by atoms with Gasteiger partial charge in [-0.05, 0) is 24.0 Å². The van der Waals surface area contributed by atoms with E-state index in [1.807, 2.05) is 66.9 Å². The molecular weight excluding hydrogens is 352 g/mol. The third-order valence-corrected chi connectivity index (χ3v) is 5.42. The lowest BCUT2D eigenvalue weighted by atomic mass is 10.1. The molecule has 3 aromatic rings. The lowest BCUT2D eigenvalue weighted by Crippen LogP contribution is -2.32. The summed E-state index contributed by atoms with van der Waals surface area (Å²) in [7, 11) is 0. The van der Waals surface area contributed by atoms with Crippen molar-refractivity contribution in [3.63, 3.8) is 0 Å². The second kappa shape index (κ2) is 8.75. The van der Waals surface area contributed by atoms with Gasteiger partial charge in [0.1, 0.15) is 11.0 Å². The smallest absolute Gasteiger partial charge is 0.246 e. The standard InChI is InChI=1S/C18H18N4OS2/c1-24-18-22-21-15(25-18)12-19-16(13-8-4-2-5-9-13)17(23)20-14-10-6-3-7-11-14/h2-11,16,19H,12H2,1H3,(H,20,23). The number of rotatable bonds is 7. The van der Waals surface area contributed by atoms with Crippen LogP contribution in [0.15, 0.2) is 65.0 Å². The van der Waals surface area contributed by atoms with E-state index in [0.717, 1.165) is 20.6 Å². The number of benzene rings is 2. The molecule has 0 aliphatic carbocycles. The molecule has 128 valence electrons. The van der Waals surface area contributed by atoms with Crippen LogP contribution in [0.5, 0.6) is 0 Å². The molecule has 1 unspecified atom stereocenters. The third kappa shape index (κ3) is 4.88. The first kappa shape index (κ1) is 17.6. The first-order valence-electron chi connectivity index (χ1n) is 7.77. The highest BCUT2D eigenvalue weighted by atomic mass is 32.2. The molecule has 1 amide bonds. The van der Waals surface area contributed by atoms with Gasteiger partial charge in [0.25, 0.3) is 0 Å². The van der Waals surface area contributed by atoms with E-state index >= 15 is 0 Å². The summed E-state index contributed by atoms with van der Waals surface area (Å²) in [6.45, 7) is 0.486. The van der Waals surface area contributed by atoms with Crippen molar-refractivity contribution >= 4 is 34.7 Å². The Hall–Kier alpha value is -2.22. The first-order valence-corrected chi connectivity index (χ1v) is 9.81. The van der Waals surface area contributed by atoms with Gasteiger partial charge in [-0.3, -0.25) is 10.1 Å². The van der Waals surface area contributed by atoms with Crippen molar-refractivity contribution in [3.8, 4) is 0 Å². The lowest BCUT2D eigenvalue weighted by molar-refractivity contribution is -0.118. The van der Waals surface area contributed by atoms with Crippen LogP contribution in [-0.4, -0.2) is 22.4 Å². The molecular formula is C18H18N4OS2. The fourth-order valence-electron chi connectivity index (χ4n) is 2.32. The first-order chi connectivity index (χ1) is 12.3. The molecule has 5 nitrogen and oxygen atoms in total. The average molecular weight is 371 g/mol. The molecule has 0 aliphatic rings. The maximum absolute atomic E-state index is 12.8. The zero-order valence-corrected chi connectivity index (χ0v) is 15.3. The van der Waals surface area contributed by atoms with E-state index in [9.17, 15) is 4.79 Å². The van der Waals surface area contributed by atoms with Gasteiger partial charge < -0.3 is 5.32 Å². The quantitative estimate of drug-likeness (QED) is 0.620. The molecule has 0 radical (unpaired) electrons. The number of carbonyl (C=O) groups is 1. The topological polar surface area (TPSA) is 66.9 Å². The fraction of sp³-hybridized carbons (Fsp3) is 0.167. The van der Waals surface area contributed by atoms with E-state index in [-0.39, 0.29) is 5.91 Å². The van der Waals surface area contributed by atoms with Crippen LogP contribution in [0.1, 0.15) is 16.6 Å². The van der Waals surface area contributed by atoms with Crippen LogP contribution in [0.25, 0.3) is 0 Å². The summed E-state index contributed by atoms with van der Waals surface area (Å²) in [5.74, 6) is -0.105. The Morgan fingerprint density at radius 2 is 1.76 bits per heavy atom. The van der Waals surface area contributed by atoms with Crippen LogP contribution in [0, 0.1) is 0 Å². The normalized spacial score (nSPS) is 11.9. The number of hydrogen-bond acceptors (Lipinski definition) is 6. The molecule has 0 spiro atoms.